The Bertz CT molecular complexity index is 499. The minimum atomic E-state index is -0.276. The highest BCUT2D eigenvalue weighted by Gasteiger charge is 2.27. The zero-order chi connectivity index (χ0) is 12.4. The van der Waals surface area contributed by atoms with E-state index in [0.29, 0.717) is 12.3 Å². The maximum atomic E-state index is 10.3. The Morgan fingerprint density at radius 1 is 1.11 bits per heavy atom. The Labute approximate surface area is 107 Å². The third-order valence-electron chi connectivity index (χ3n) is 3.79. The van der Waals surface area contributed by atoms with E-state index in [9.17, 15) is 5.11 Å². The summed E-state index contributed by atoms with van der Waals surface area (Å²) in [5.41, 5.74) is 3.90. The number of hydrogen-bond acceptors (Lipinski definition) is 2. The van der Waals surface area contributed by atoms with Gasteiger partial charge in [-0.3, -0.25) is 4.98 Å². The largest absolute Gasteiger partial charge is 0.392 e. The highest BCUT2D eigenvalue weighted by atomic mass is 16.3. The fourth-order valence-corrected chi connectivity index (χ4v) is 2.79. The summed E-state index contributed by atoms with van der Waals surface area (Å²) in [6.07, 6.45) is 6.02. The van der Waals surface area contributed by atoms with Gasteiger partial charge in [-0.1, -0.05) is 30.3 Å². The molecule has 0 radical (unpaired) electrons. The van der Waals surface area contributed by atoms with Crippen molar-refractivity contribution in [3.05, 3.63) is 65.5 Å². The lowest BCUT2D eigenvalue weighted by molar-refractivity contribution is 0.112. The molecule has 0 saturated heterocycles. The van der Waals surface area contributed by atoms with E-state index in [0.717, 1.165) is 18.4 Å². The van der Waals surface area contributed by atoms with Crippen LogP contribution in [0.1, 0.15) is 16.7 Å². The van der Waals surface area contributed by atoms with E-state index in [1.54, 1.807) is 6.20 Å². The van der Waals surface area contributed by atoms with Crippen molar-refractivity contribution < 1.29 is 5.11 Å². The standard InChI is InChI=1S/C16H17NO/c18-16(8-12-4-3-7-17-11-12)15-9-13-5-1-2-6-14(13)10-15/h1-7,11,15-16,18H,8-10H2. The molecule has 1 N–H and O–H groups in total. The molecule has 1 aliphatic carbocycles. The first kappa shape index (κ1) is 11.4. The van der Waals surface area contributed by atoms with Crippen molar-refractivity contribution in [2.24, 2.45) is 5.92 Å². The third-order valence-corrected chi connectivity index (χ3v) is 3.79. The second-order valence-corrected chi connectivity index (χ2v) is 5.07. The number of benzene rings is 1. The van der Waals surface area contributed by atoms with Gasteiger partial charge in [0.25, 0.3) is 0 Å². The summed E-state index contributed by atoms with van der Waals surface area (Å²) < 4.78 is 0. The number of aliphatic hydroxyl groups is 1. The molecule has 0 fully saturated rings. The fraction of sp³-hybridized carbons (Fsp3) is 0.312. The summed E-state index contributed by atoms with van der Waals surface area (Å²) in [7, 11) is 0. The fourth-order valence-electron chi connectivity index (χ4n) is 2.79. The van der Waals surface area contributed by atoms with Crippen LogP contribution in [0.2, 0.25) is 0 Å². The lowest BCUT2D eigenvalue weighted by Gasteiger charge is -2.17. The van der Waals surface area contributed by atoms with Gasteiger partial charge in [0.15, 0.2) is 0 Å². The second-order valence-electron chi connectivity index (χ2n) is 5.07. The summed E-state index contributed by atoms with van der Waals surface area (Å²) in [4.78, 5) is 4.09. The predicted octanol–water partition coefficient (Wildman–Crippen LogP) is 2.40. The average molecular weight is 239 g/mol. The van der Waals surface area contributed by atoms with Crippen molar-refractivity contribution in [2.45, 2.75) is 25.4 Å². The first-order valence-electron chi connectivity index (χ1n) is 6.46. The SMILES string of the molecule is OC(Cc1cccnc1)C1Cc2ccccc2C1. The van der Waals surface area contributed by atoms with Gasteiger partial charge in [-0.2, -0.15) is 0 Å². The quantitative estimate of drug-likeness (QED) is 0.892. The second kappa shape index (κ2) is 4.91. The predicted molar refractivity (Wildman–Crippen MR) is 71.3 cm³/mol. The summed E-state index contributed by atoms with van der Waals surface area (Å²) in [5, 5.41) is 10.3. The van der Waals surface area contributed by atoms with E-state index in [-0.39, 0.29) is 6.10 Å². The minimum Gasteiger partial charge on any atom is -0.392 e. The average Bonchev–Trinajstić information content (AvgIpc) is 2.84. The van der Waals surface area contributed by atoms with Gasteiger partial charge in [0.05, 0.1) is 6.10 Å². The number of fused-ring (bicyclic) bond motifs is 1. The van der Waals surface area contributed by atoms with Crippen LogP contribution in [-0.2, 0) is 19.3 Å². The van der Waals surface area contributed by atoms with Crippen molar-refractivity contribution in [3.63, 3.8) is 0 Å². The summed E-state index contributed by atoms with van der Waals surface area (Å²) in [6.45, 7) is 0. The van der Waals surface area contributed by atoms with Crippen LogP contribution in [0.3, 0.4) is 0 Å². The van der Waals surface area contributed by atoms with Gasteiger partial charge in [0.1, 0.15) is 0 Å². The molecule has 3 rings (SSSR count). The zero-order valence-electron chi connectivity index (χ0n) is 10.3. The number of aromatic nitrogens is 1. The zero-order valence-corrected chi connectivity index (χ0v) is 10.3. The topological polar surface area (TPSA) is 33.1 Å². The van der Waals surface area contributed by atoms with Crippen LogP contribution < -0.4 is 0 Å². The molecule has 2 heteroatoms. The molecule has 92 valence electrons. The van der Waals surface area contributed by atoms with Crippen LogP contribution in [0.4, 0.5) is 0 Å². The maximum Gasteiger partial charge on any atom is 0.0615 e. The summed E-state index contributed by atoms with van der Waals surface area (Å²) >= 11 is 0. The molecule has 0 bridgehead atoms. The molecule has 1 unspecified atom stereocenters. The molecular formula is C16H17NO. The molecule has 0 spiro atoms. The molecule has 1 aliphatic rings. The highest BCUT2D eigenvalue weighted by molar-refractivity contribution is 5.32. The van der Waals surface area contributed by atoms with Gasteiger partial charge in [-0.25, -0.2) is 0 Å². The van der Waals surface area contributed by atoms with Crippen molar-refractivity contribution in [1.29, 1.82) is 0 Å². The Balaban J connectivity index is 1.67. The van der Waals surface area contributed by atoms with E-state index < -0.39 is 0 Å². The Kier molecular flexibility index (Phi) is 3.11. The summed E-state index contributed by atoms with van der Waals surface area (Å²) in [6, 6.07) is 12.4. The molecule has 1 aromatic heterocycles. The summed E-state index contributed by atoms with van der Waals surface area (Å²) in [5.74, 6) is 0.350. The van der Waals surface area contributed by atoms with Gasteiger partial charge in [-0.05, 0) is 41.5 Å². The molecule has 18 heavy (non-hydrogen) atoms. The van der Waals surface area contributed by atoms with E-state index in [2.05, 4.69) is 29.2 Å². The van der Waals surface area contributed by atoms with Crippen molar-refractivity contribution in [3.8, 4) is 0 Å². The number of aliphatic hydroxyl groups excluding tert-OH is 1. The molecule has 2 aromatic rings. The molecular weight excluding hydrogens is 222 g/mol. The van der Waals surface area contributed by atoms with E-state index in [1.165, 1.54) is 11.1 Å². The lowest BCUT2D eigenvalue weighted by atomic mass is 9.94. The van der Waals surface area contributed by atoms with E-state index in [4.69, 9.17) is 0 Å². The smallest absolute Gasteiger partial charge is 0.0615 e. The monoisotopic (exact) mass is 239 g/mol. The lowest BCUT2D eigenvalue weighted by Crippen LogP contribution is -2.23. The first-order chi connectivity index (χ1) is 8.83. The number of nitrogens with zero attached hydrogens (tertiary/aromatic N) is 1. The van der Waals surface area contributed by atoms with Gasteiger partial charge in [0.2, 0.25) is 0 Å². The van der Waals surface area contributed by atoms with Gasteiger partial charge < -0.3 is 5.11 Å². The van der Waals surface area contributed by atoms with Crippen LogP contribution in [0, 0.1) is 5.92 Å². The molecule has 0 amide bonds. The molecule has 2 nitrogen and oxygen atoms in total. The van der Waals surface area contributed by atoms with Crippen molar-refractivity contribution in [2.75, 3.05) is 0 Å². The van der Waals surface area contributed by atoms with Crippen LogP contribution in [-0.4, -0.2) is 16.2 Å². The molecule has 1 atom stereocenters. The molecule has 0 saturated carbocycles. The maximum absolute atomic E-state index is 10.3. The Morgan fingerprint density at radius 2 is 1.83 bits per heavy atom. The van der Waals surface area contributed by atoms with Crippen LogP contribution >= 0.6 is 0 Å². The third kappa shape index (κ3) is 2.29. The van der Waals surface area contributed by atoms with Crippen LogP contribution in [0.25, 0.3) is 0 Å². The van der Waals surface area contributed by atoms with Gasteiger partial charge in [-0.15, -0.1) is 0 Å². The van der Waals surface area contributed by atoms with Gasteiger partial charge in [0, 0.05) is 18.8 Å². The highest BCUT2D eigenvalue weighted by Crippen LogP contribution is 2.29. The molecule has 1 heterocycles. The first-order valence-corrected chi connectivity index (χ1v) is 6.46. The van der Waals surface area contributed by atoms with E-state index >= 15 is 0 Å². The van der Waals surface area contributed by atoms with Crippen molar-refractivity contribution >= 4 is 0 Å². The molecule has 0 aliphatic heterocycles. The van der Waals surface area contributed by atoms with Crippen molar-refractivity contribution in [1.82, 2.24) is 4.98 Å². The van der Waals surface area contributed by atoms with E-state index in [1.807, 2.05) is 18.3 Å². The Hall–Kier alpha value is -1.67. The Morgan fingerprint density at radius 3 is 2.44 bits per heavy atom. The minimum absolute atomic E-state index is 0.276. The number of hydrogen-bond donors (Lipinski definition) is 1. The normalized spacial score (nSPS) is 16.5. The molecule has 1 aromatic carbocycles. The van der Waals surface area contributed by atoms with Crippen LogP contribution in [0.15, 0.2) is 48.8 Å². The van der Waals surface area contributed by atoms with Crippen LogP contribution in [0.5, 0.6) is 0 Å². The van der Waals surface area contributed by atoms with Gasteiger partial charge >= 0.3 is 0 Å². The number of rotatable bonds is 3. The number of pyridine rings is 1.